The predicted octanol–water partition coefficient (Wildman–Crippen LogP) is 1.74. The molecule has 0 aromatic heterocycles. The lowest BCUT2D eigenvalue weighted by Gasteiger charge is -2.35. The Hall–Kier alpha value is -1.06. The molecule has 3 nitrogen and oxygen atoms in total. The average Bonchev–Trinajstić information content (AvgIpc) is 2.39. The normalized spacial score (nSPS) is 19.4. The highest BCUT2D eigenvalue weighted by Crippen LogP contribution is 2.25. The fraction of sp³-hybridized carbons (Fsp3) is 0.571. The Kier molecular flexibility index (Phi) is 4.02. The summed E-state index contributed by atoms with van der Waals surface area (Å²) in [6.07, 6.45) is 1.97. The van der Waals surface area contributed by atoms with E-state index in [0.717, 1.165) is 25.9 Å². The van der Waals surface area contributed by atoms with Crippen molar-refractivity contribution in [3.63, 3.8) is 0 Å². The largest absolute Gasteiger partial charge is 0.393 e. The number of anilines is 1. The topological polar surface area (TPSA) is 49.5 Å². The Balaban J connectivity index is 2.00. The molecule has 0 bridgehead atoms. The Morgan fingerprint density at radius 2 is 2.12 bits per heavy atom. The van der Waals surface area contributed by atoms with Gasteiger partial charge in [-0.05, 0) is 43.4 Å². The maximum Gasteiger partial charge on any atom is 0.0541 e. The Bertz CT molecular complexity index is 357. The minimum atomic E-state index is -0.174. The summed E-state index contributed by atoms with van der Waals surface area (Å²) in [4.78, 5) is 2.39. The molecule has 2 rings (SSSR count). The van der Waals surface area contributed by atoms with Gasteiger partial charge in [-0.25, -0.2) is 0 Å². The molecule has 1 fully saturated rings. The molecule has 17 heavy (non-hydrogen) atoms. The number of hydrogen-bond donors (Lipinski definition) is 2. The number of aliphatic hydroxyl groups excluding tert-OH is 1. The van der Waals surface area contributed by atoms with Gasteiger partial charge in [0.15, 0.2) is 0 Å². The number of hydrogen-bond acceptors (Lipinski definition) is 3. The first-order chi connectivity index (χ1) is 8.20. The highest BCUT2D eigenvalue weighted by Gasteiger charge is 2.22. The monoisotopic (exact) mass is 234 g/mol. The molecule has 94 valence electrons. The molecule has 1 atom stereocenters. The van der Waals surface area contributed by atoms with Crippen LogP contribution in [0.5, 0.6) is 0 Å². The number of piperidine rings is 1. The number of nitrogens with zero attached hydrogens (tertiary/aromatic N) is 1. The van der Waals surface area contributed by atoms with Crippen LogP contribution in [-0.2, 0) is 6.54 Å². The lowest BCUT2D eigenvalue weighted by Crippen LogP contribution is -2.37. The van der Waals surface area contributed by atoms with Crippen molar-refractivity contribution in [2.24, 2.45) is 11.7 Å². The zero-order chi connectivity index (χ0) is 12.3. The maximum atomic E-state index is 9.58. The summed E-state index contributed by atoms with van der Waals surface area (Å²) < 4.78 is 0. The van der Waals surface area contributed by atoms with Crippen LogP contribution in [-0.4, -0.2) is 24.3 Å². The highest BCUT2D eigenvalue weighted by atomic mass is 16.3. The quantitative estimate of drug-likeness (QED) is 0.837. The fourth-order valence-electron chi connectivity index (χ4n) is 2.52. The second-order valence-electron chi connectivity index (χ2n) is 4.94. The lowest BCUT2D eigenvalue weighted by molar-refractivity contribution is 0.110. The molecule has 0 radical (unpaired) electrons. The van der Waals surface area contributed by atoms with Crippen LogP contribution < -0.4 is 10.6 Å². The number of aliphatic hydroxyl groups is 1. The van der Waals surface area contributed by atoms with Crippen LogP contribution in [0.15, 0.2) is 24.3 Å². The summed E-state index contributed by atoms with van der Waals surface area (Å²) in [5.74, 6) is 0.462. The lowest BCUT2D eigenvalue weighted by atomic mass is 9.92. The van der Waals surface area contributed by atoms with Gasteiger partial charge in [-0.15, -0.1) is 0 Å². The van der Waals surface area contributed by atoms with Crippen molar-refractivity contribution in [3.8, 4) is 0 Å². The third-order valence-electron chi connectivity index (χ3n) is 3.73. The van der Waals surface area contributed by atoms with E-state index in [1.54, 1.807) is 0 Å². The van der Waals surface area contributed by atoms with Crippen molar-refractivity contribution in [1.29, 1.82) is 0 Å². The van der Waals surface area contributed by atoms with Crippen molar-refractivity contribution >= 4 is 5.69 Å². The van der Waals surface area contributed by atoms with Gasteiger partial charge in [0.25, 0.3) is 0 Å². The van der Waals surface area contributed by atoms with Crippen molar-refractivity contribution in [3.05, 3.63) is 29.8 Å². The Labute approximate surface area is 103 Å². The predicted molar refractivity (Wildman–Crippen MR) is 71.0 cm³/mol. The molecule has 1 aliphatic heterocycles. The summed E-state index contributed by atoms with van der Waals surface area (Å²) in [6.45, 7) is 4.56. The third kappa shape index (κ3) is 2.99. The van der Waals surface area contributed by atoms with Crippen molar-refractivity contribution in [2.45, 2.75) is 32.4 Å². The standard InChI is InChI=1S/C14H22N2O/c1-11(17)13-5-7-16(8-6-13)14-4-2-3-12(9-14)10-15/h2-4,9,11,13,17H,5-8,10,15H2,1H3. The molecule has 0 spiro atoms. The van der Waals surface area contributed by atoms with Crippen molar-refractivity contribution in [1.82, 2.24) is 0 Å². The van der Waals surface area contributed by atoms with Gasteiger partial charge < -0.3 is 15.7 Å². The number of nitrogens with two attached hydrogens (primary N) is 1. The second-order valence-corrected chi connectivity index (χ2v) is 4.94. The smallest absolute Gasteiger partial charge is 0.0541 e. The summed E-state index contributed by atoms with van der Waals surface area (Å²) in [6, 6.07) is 8.44. The van der Waals surface area contributed by atoms with Crippen LogP contribution >= 0.6 is 0 Å². The minimum absolute atomic E-state index is 0.174. The average molecular weight is 234 g/mol. The molecule has 0 aliphatic carbocycles. The molecule has 3 N–H and O–H groups in total. The van der Waals surface area contributed by atoms with Crippen LogP contribution in [0.4, 0.5) is 5.69 Å². The molecule has 3 heteroatoms. The van der Waals surface area contributed by atoms with Gasteiger partial charge in [0.05, 0.1) is 6.10 Å². The van der Waals surface area contributed by atoms with Crippen molar-refractivity contribution in [2.75, 3.05) is 18.0 Å². The summed E-state index contributed by atoms with van der Waals surface area (Å²) in [5, 5.41) is 9.58. The zero-order valence-electron chi connectivity index (χ0n) is 10.5. The zero-order valence-corrected chi connectivity index (χ0v) is 10.5. The van der Waals surface area contributed by atoms with Gasteiger partial charge >= 0.3 is 0 Å². The van der Waals surface area contributed by atoms with E-state index >= 15 is 0 Å². The molecular formula is C14H22N2O. The summed E-state index contributed by atoms with van der Waals surface area (Å²) in [7, 11) is 0. The second kappa shape index (κ2) is 5.52. The summed E-state index contributed by atoms with van der Waals surface area (Å²) >= 11 is 0. The molecule has 1 heterocycles. The number of rotatable bonds is 3. The van der Waals surface area contributed by atoms with E-state index in [1.807, 2.05) is 6.92 Å². The molecule has 0 saturated carbocycles. The van der Waals surface area contributed by atoms with Crippen LogP contribution in [0.2, 0.25) is 0 Å². The van der Waals surface area contributed by atoms with Gasteiger partial charge in [-0.3, -0.25) is 0 Å². The first-order valence-electron chi connectivity index (χ1n) is 6.42. The van der Waals surface area contributed by atoms with E-state index in [4.69, 9.17) is 5.73 Å². The van der Waals surface area contributed by atoms with E-state index in [0.29, 0.717) is 12.5 Å². The van der Waals surface area contributed by atoms with Gasteiger partial charge in [-0.1, -0.05) is 12.1 Å². The fourth-order valence-corrected chi connectivity index (χ4v) is 2.52. The van der Waals surface area contributed by atoms with Crippen molar-refractivity contribution < 1.29 is 5.11 Å². The number of benzene rings is 1. The van der Waals surface area contributed by atoms with E-state index in [1.165, 1.54) is 11.3 Å². The van der Waals surface area contributed by atoms with Gasteiger partial charge in [0.2, 0.25) is 0 Å². The van der Waals surface area contributed by atoms with E-state index < -0.39 is 0 Å². The Morgan fingerprint density at radius 3 is 2.71 bits per heavy atom. The maximum absolute atomic E-state index is 9.58. The molecule has 1 aromatic rings. The van der Waals surface area contributed by atoms with Gasteiger partial charge in [0, 0.05) is 25.3 Å². The molecule has 1 saturated heterocycles. The molecular weight excluding hydrogens is 212 g/mol. The molecule has 1 aliphatic rings. The third-order valence-corrected chi connectivity index (χ3v) is 3.73. The van der Waals surface area contributed by atoms with Crippen LogP contribution in [0, 0.1) is 5.92 Å². The first-order valence-corrected chi connectivity index (χ1v) is 6.42. The molecule has 1 aromatic carbocycles. The summed E-state index contributed by atoms with van der Waals surface area (Å²) in [5.41, 5.74) is 8.10. The molecule has 1 unspecified atom stereocenters. The van der Waals surface area contributed by atoms with Crippen LogP contribution in [0.1, 0.15) is 25.3 Å². The van der Waals surface area contributed by atoms with E-state index in [-0.39, 0.29) is 6.10 Å². The van der Waals surface area contributed by atoms with Gasteiger partial charge in [-0.2, -0.15) is 0 Å². The SMILES string of the molecule is CC(O)C1CCN(c2cccc(CN)c2)CC1. The molecule has 0 amide bonds. The van der Waals surface area contributed by atoms with E-state index in [9.17, 15) is 5.11 Å². The Morgan fingerprint density at radius 1 is 1.41 bits per heavy atom. The highest BCUT2D eigenvalue weighted by molar-refractivity contribution is 5.48. The van der Waals surface area contributed by atoms with Crippen LogP contribution in [0.25, 0.3) is 0 Å². The minimum Gasteiger partial charge on any atom is -0.393 e. The first kappa shape index (κ1) is 12.4. The van der Waals surface area contributed by atoms with Gasteiger partial charge in [0.1, 0.15) is 0 Å². The van der Waals surface area contributed by atoms with E-state index in [2.05, 4.69) is 29.2 Å². The van der Waals surface area contributed by atoms with Crippen LogP contribution in [0.3, 0.4) is 0 Å².